The standard InChI is InChI=1S/C23H49NO5/c1-7-11-12-13-14-15-17-22(18-16-19-24(20-25-5)21-26-6)23(27-8-2,28-9-3)29-10-4/h22H,7-21H2,1-6H3. The molecule has 0 N–H and O–H groups in total. The molecule has 0 aliphatic heterocycles. The van der Waals surface area contributed by atoms with Gasteiger partial charge >= 0.3 is 0 Å². The number of hydrogen-bond acceptors (Lipinski definition) is 6. The fourth-order valence-electron chi connectivity index (χ4n) is 3.84. The Morgan fingerprint density at radius 2 is 1.14 bits per heavy atom. The van der Waals surface area contributed by atoms with Crippen molar-refractivity contribution in [2.45, 2.75) is 91.5 Å². The third kappa shape index (κ3) is 12.9. The van der Waals surface area contributed by atoms with Crippen LogP contribution in [0.25, 0.3) is 0 Å². The second-order valence-electron chi connectivity index (χ2n) is 7.53. The SMILES string of the molecule is CCCCCCCCC(CCCN(COC)COC)C(OCC)(OCC)OCC. The van der Waals surface area contributed by atoms with E-state index in [1.54, 1.807) is 14.2 Å². The van der Waals surface area contributed by atoms with Crippen molar-refractivity contribution >= 4 is 0 Å². The van der Waals surface area contributed by atoms with Crippen molar-refractivity contribution in [1.29, 1.82) is 0 Å². The van der Waals surface area contributed by atoms with Crippen LogP contribution in [0.4, 0.5) is 0 Å². The van der Waals surface area contributed by atoms with Crippen LogP contribution in [-0.4, -0.2) is 64.9 Å². The molecule has 0 fully saturated rings. The Hall–Kier alpha value is -0.240. The van der Waals surface area contributed by atoms with Crippen molar-refractivity contribution in [3.05, 3.63) is 0 Å². The van der Waals surface area contributed by atoms with Crippen LogP contribution >= 0.6 is 0 Å². The molecule has 0 saturated heterocycles. The summed E-state index contributed by atoms with van der Waals surface area (Å²) in [5.74, 6) is -0.727. The highest BCUT2D eigenvalue weighted by molar-refractivity contribution is 4.73. The number of hydrogen-bond donors (Lipinski definition) is 0. The van der Waals surface area contributed by atoms with E-state index in [1.165, 1.54) is 38.5 Å². The number of ether oxygens (including phenoxy) is 5. The monoisotopic (exact) mass is 419 g/mol. The highest BCUT2D eigenvalue weighted by atomic mass is 16.9. The Morgan fingerprint density at radius 3 is 1.62 bits per heavy atom. The molecule has 0 saturated carbocycles. The summed E-state index contributed by atoms with van der Waals surface area (Å²) < 4.78 is 28.9. The van der Waals surface area contributed by atoms with E-state index in [0.717, 1.165) is 25.8 Å². The maximum atomic E-state index is 6.11. The van der Waals surface area contributed by atoms with Crippen LogP contribution in [0.15, 0.2) is 0 Å². The average Bonchev–Trinajstić information content (AvgIpc) is 2.70. The summed E-state index contributed by atoms with van der Waals surface area (Å²) in [7, 11) is 3.43. The van der Waals surface area contributed by atoms with Gasteiger partial charge in [-0.2, -0.15) is 0 Å². The summed E-state index contributed by atoms with van der Waals surface area (Å²) >= 11 is 0. The fourth-order valence-corrected chi connectivity index (χ4v) is 3.84. The lowest BCUT2D eigenvalue weighted by Crippen LogP contribution is -2.47. The van der Waals surface area contributed by atoms with Crippen LogP contribution in [0.5, 0.6) is 0 Å². The summed E-state index contributed by atoms with van der Waals surface area (Å²) in [5, 5.41) is 0. The molecule has 0 aromatic heterocycles. The number of methoxy groups -OCH3 is 2. The van der Waals surface area contributed by atoms with Crippen LogP contribution in [-0.2, 0) is 23.7 Å². The summed E-state index contributed by atoms with van der Waals surface area (Å²) in [6.45, 7) is 12.1. The van der Waals surface area contributed by atoms with Crippen molar-refractivity contribution in [3.63, 3.8) is 0 Å². The van der Waals surface area contributed by atoms with Gasteiger partial charge in [-0.15, -0.1) is 0 Å². The quantitative estimate of drug-likeness (QED) is 0.173. The second kappa shape index (κ2) is 19.7. The topological polar surface area (TPSA) is 49.4 Å². The normalized spacial score (nSPS) is 13.3. The summed E-state index contributed by atoms with van der Waals surface area (Å²) in [5.41, 5.74) is 0. The van der Waals surface area contributed by atoms with Crippen molar-refractivity contribution in [1.82, 2.24) is 4.90 Å². The first-order valence-electron chi connectivity index (χ1n) is 11.8. The Balaban J connectivity index is 4.98. The first-order chi connectivity index (χ1) is 14.1. The van der Waals surface area contributed by atoms with Crippen molar-refractivity contribution in [2.75, 3.05) is 54.0 Å². The largest absolute Gasteiger partial charge is 0.369 e. The molecule has 1 unspecified atom stereocenters. The zero-order valence-electron chi connectivity index (χ0n) is 20.2. The van der Waals surface area contributed by atoms with E-state index in [4.69, 9.17) is 23.7 Å². The third-order valence-electron chi connectivity index (χ3n) is 5.09. The van der Waals surface area contributed by atoms with Crippen LogP contribution in [0.3, 0.4) is 0 Å². The van der Waals surface area contributed by atoms with Gasteiger partial charge in [-0.25, -0.2) is 0 Å². The van der Waals surface area contributed by atoms with Crippen LogP contribution < -0.4 is 0 Å². The smallest absolute Gasteiger partial charge is 0.285 e. The molecule has 1 atom stereocenters. The molecule has 0 aliphatic carbocycles. The van der Waals surface area contributed by atoms with Gasteiger partial charge in [-0.3, -0.25) is 4.90 Å². The average molecular weight is 420 g/mol. The molecule has 0 amide bonds. The first-order valence-corrected chi connectivity index (χ1v) is 11.8. The molecule has 0 aromatic rings. The van der Waals surface area contributed by atoms with Crippen LogP contribution in [0, 0.1) is 5.92 Å². The molecular weight excluding hydrogens is 370 g/mol. The van der Waals surface area contributed by atoms with E-state index in [2.05, 4.69) is 11.8 Å². The maximum absolute atomic E-state index is 6.11. The van der Waals surface area contributed by atoms with E-state index in [-0.39, 0.29) is 5.92 Å². The van der Waals surface area contributed by atoms with E-state index in [1.807, 2.05) is 20.8 Å². The Kier molecular flexibility index (Phi) is 19.5. The van der Waals surface area contributed by atoms with Crippen molar-refractivity contribution in [2.24, 2.45) is 5.92 Å². The second-order valence-corrected chi connectivity index (χ2v) is 7.53. The first kappa shape index (κ1) is 28.8. The fraction of sp³-hybridized carbons (Fsp3) is 1.00. The zero-order valence-corrected chi connectivity index (χ0v) is 20.2. The highest BCUT2D eigenvalue weighted by Gasteiger charge is 2.41. The van der Waals surface area contributed by atoms with Crippen molar-refractivity contribution < 1.29 is 23.7 Å². The lowest BCUT2D eigenvalue weighted by Gasteiger charge is -2.39. The molecule has 6 nitrogen and oxygen atoms in total. The van der Waals surface area contributed by atoms with Gasteiger partial charge in [0, 0.05) is 46.5 Å². The minimum Gasteiger partial charge on any atom is -0.369 e. The molecule has 0 rings (SSSR count). The number of nitrogens with zero attached hydrogens (tertiary/aromatic N) is 1. The highest BCUT2D eigenvalue weighted by Crippen LogP contribution is 2.34. The lowest BCUT2D eigenvalue weighted by atomic mass is 9.92. The Morgan fingerprint density at radius 1 is 0.655 bits per heavy atom. The van der Waals surface area contributed by atoms with Gasteiger partial charge in [-0.1, -0.05) is 45.4 Å². The molecule has 0 aromatic carbocycles. The molecule has 176 valence electrons. The van der Waals surface area contributed by atoms with E-state index >= 15 is 0 Å². The molecule has 0 radical (unpaired) electrons. The molecule has 0 aliphatic rings. The molecule has 0 heterocycles. The number of unbranched alkanes of at least 4 members (excludes halogenated alkanes) is 5. The zero-order chi connectivity index (χ0) is 21.8. The number of rotatable bonds is 22. The van der Waals surface area contributed by atoms with Gasteiger partial charge in [0.25, 0.3) is 5.97 Å². The minimum atomic E-state index is -0.936. The third-order valence-corrected chi connectivity index (χ3v) is 5.09. The van der Waals surface area contributed by atoms with Gasteiger partial charge in [0.2, 0.25) is 0 Å². The molecule has 0 spiro atoms. The van der Waals surface area contributed by atoms with Gasteiger partial charge in [-0.05, 0) is 40.0 Å². The van der Waals surface area contributed by atoms with E-state index < -0.39 is 5.97 Å². The lowest BCUT2D eigenvalue weighted by molar-refractivity contribution is -0.403. The molecular formula is C23H49NO5. The van der Waals surface area contributed by atoms with Gasteiger partial charge in [0.1, 0.15) is 13.5 Å². The predicted molar refractivity (Wildman–Crippen MR) is 119 cm³/mol. The maximum Gasteiger partial charge on any atom is 0.285 e. The summed E-state index contributed by atoms with van der Waals surface area (Å²) in [6.07, 6.45) is 10.8. The summed E-state index contributed by atoms with van der Waals surface area (Å²) in [6, 6.07) is 0. The summed E-state index contributed by atoms with van der Waals surface area (Å²) in [4.78, 5) is 2.16. The van der Waals surface area contributed by atoms with Crippen molar-refractivity contribution in [3.8, 4) is 0 Å². The van der Waals surface area contributed by atoms with Crippen LogP contribution in [0.1, 0.15) is 85.5 Å². The predicted octanol–water partition coefficient (Wildman–Crippen LogP) is 5.41. The molecule has 6 heteroatoms. The minimum absolute atomic E-state index is 0.209. The van der Waals surface area contributed by atoms with Crippen LogP contribution in [0.2, 0.25) is 0 Å². The van der Waals surface area contributed by atoms with Gasteiger partial charge in [0.05, 0.1) is 0 Å². The van der Waals surface area contributed by atoms with Gasteiger partial charge in [0.15, 0.2) is 0 Å². The Bertz CT molecular complexity index is 320. The Labute approximate surface area is 180 Å². The van der Waals surface area contributed by atoms with E-state index in [9.17, 15) is 0 Å². The molecule has 0 bridgehead atoms. The molecule has 29 heavy (non-hydrogen) atoms. The van der Waals surface area contributed by atoms with E-state index in [0.29, 0.717) is 33.3 Å². The van der Waals surface area contributed by atoms with Gasteiger partial charge < -0.3 is 23.7 Å².